The quantitative estimate of drug-likeness (QED) is 0.664. The van der Waals surface area contributed by atoms with Crippen LogP contribution in [0.15, 0.2) is 52.4 Å². The number of para-hydroxylation sites is 1. The van der Waals surface area contributed by atoms with Crippen LogP contribution in [-0.2, 0) is 10.0 Å². The van der Waals surface area contributed by atoms with Crippen molar-refractivity contribution in [2.45, 2.75) is 4.90 Å². The number of aromatic carboxylic acids is 1. The van der Waals surface area contributed by atoms with Crippen molar-refractivity contribution in [2.75, 3.05) is 16.6 Å². The molecule has 124 valence electrons. The number of carbonyl (C=O) groups is 1. The van der Waals surface area contributed by atoms with Crippen molar-refractivity contribution in [3.05, 3.63) is 48.0 Å². The molecule has 0 saturated heterocycles. The van der Waals surface area contributed by atoms with E-state index in [0.29, 0.717) is 17.2 Å². The molecule has 24 heavy (non-hydrogen) atoms. The first-order chi connectivity index (χ1) is 11.4. The summed E-state index contributed by atoms with van der Waals surface area (Å²) in [7, 11) is -3.88. The Labute approximate surface area is 138 Å². The number of carboxylic acids is 1. The predicted molar refractivity (Wildman–Crippen MR) is 90.4 cm³/mol. The van der Waals surface area contributed by atoms with E-state index in [-0.39, 0.29) is 22.7 Å². The Morgan fingerprint density at radius 2 is 1.92 bits per heavy atom. The lowest BCUT2D eigenvalue weighted by Crippen LogP contribution is -2.26. The van der Waals surface area contributed by atoms with Crippen molar-refractivity contribution in [2.24, 2.45) is 10.7 Å². The van der Waals surface area contributed by atoms with Gasteiger partial charge in [0, 0.05) is 5.69 Å². The standard InChI is InChI=1S/C15H14N4O4S/c16-13-8-17-14-11(18-13)2-1-3-12(14)24(22,23)19-10-6-4-9(5-7-10)15(20)21/h1-7,17,19H,8H2,(H2,16,18)(H,20,21). The lowest BCUT2D eigenvalue weighted by Gasteiger charge is -2.19. The van der Waals surface area contributed by atoms with Gasteiger partial charge in [-0.05, 0) is 36.4 Å². The molecule has 0 saturated carbocycles. The van der Waals surface area contributed by atoms with Gasteiger partial charge < -0.3 is 16.2 Å². The van der Waals surface area contributed by atoms with Crippen LogP contribution in [-0.4, -0.2) is 31.9 Å². The van der Waals surface area contributed by atoms with E-state index in [4.69, 9.17) is 10.8 Å². The second-order valence-electron chi connectivity index (χ2n) is 5.09. The van der Waals surface area contributed by atoms with E-state index in [1.165, 1.54) is 30.3 Å². The third kappa shape index (κ3) is 3.01. The Kier molecular flexibility index (Phi) is 3.86. The van der Waals surface area contributed by atoms with Crippen molar-refractivity contribution >= 4 is 38.9 Å². The summed E-state index contributed by atoms with van der Waals surface area (Å²) in [6, 6.07) is 10.1. The number of fused-ring (bicyclic) bond motifs is 1. The minimum Gasteiger partial charge on any atom is -0.478 e. The maximum absolute atomic E-state index is 12.6. The van der Waals surface area contributed by atoms with E-state index in [1.807, 2.05) is 0 Å². The van der Waals surface area contributed by atoms with Crippen LogP contribution in [0.4, 0.5) is 17.1 Å². The molecular weight excluding hydrogens is 332 g/mol. The molecule has 1 heterocycles. The van der Waals surface area contributed by atoms with Crippen LogP contribution in [0.25, 0.3) is 0 Å². The number of hydrogen-bond acceptors (Lipinski definition) is 6. The molecule has 0 bridgehead atoms. The molecule has 8 nitrogen and oxygen atoms in total. The van der Waals surface area contributed by atoms with Crippen LogP contribution < -0.4 is 15.8 Å². The molecule has 0 spiro atoms. The topological polar surface area (TPSA) is 134 Å². The monoisotopic (exact) mass is 346 g/mol. The first kappa shape index (κ1) is 15.8. The van der Waals surface area contributed by atoms with Gasteiger partial charge in [0.25, 0.3) is 10.0 Å². The molecule has 0 radical (unpaired) electrons. The molecule has 0 amide bonds. The van der Waals surface area contributed by atoms with Crippen LogP contribution in [0.2, 0.25) is 0 Å². The molecule has 5 N–H and O–H groups in total. The molecule has 3 rings (SSSR count). The molecule has 0 unspecified atom stereocenters. The number of carboxylic acid groups (broad SMARTS) is 1. The fourth-order valence-electron chi connectivity index (χ4n) is 2.28. The van der Waals surface area contributed by atoms with Crippen LogP contribution in [0, 0.1) is 0 Å². The fourth-order valence-corrected chi connectivity index (χ4v) is 3.54. The van der Waals surface area contributed by atoms with Crippen LogP contribution in [0.1, 0.15) is 10.4 Å². The summed E-state index contributed by atoms with van der Waals surface area (Å²) in [6.07, 6.45) is 0. The summed E-state index contributed by atoms with van der Waals surface area (Å²) in [5, 5.41) is 11.8. The number of hydrogen-bond donors (Lipinski definition) is 4. The number of nitrogens with zero attached hydrogens (tertiary/aromatic N) is 1. The summed E-state index contributed by atoms with van der Waals surface area (Å²) in [5.74, 6) is -0.713. The number of nitrogens with two attached hydrogens (primary N) is 1. The molecule has 9 heteroatoms. The minimum absolute atomic E-state index is 0.0403. The molecular formula is C15H14N4O4S. The highest BCUT2D eigenvalue weighted by atomic mass is 32.2. The zero-order valence-electron chi connectivity index (χ0n) is 12.4. The lowest BCUT2D eigenvalue weighted by atomic mass is 10.2. The molecule has 0 fully saturated rings. The molecule has 1 aliphatic heterocycles. The average Bonchev–Trinajstić information content (AvgIpc) is 2.54. The van der Waals surface area contributed by atoms with Crippen molar-refractivity contribution in [3.63, 3.8) is 0 Å². The Bertz CT molecular complexity index is 936. The number of sulfonamides is 1. The van der Waals surface area contributed by atoms with Gasteiger partial charge in [0.2, 0.25) is 0 Å². The maximum atomic E-state index is 12.6. The first-order valence-electron chi connectivity index (χ1n) is 6.93. The van der Waals surface area contributed by atoms with E-state index in [1.54, 1.807) is 12.1 Å². The average molecular weight is 346 g/mol. The van der Waals surface area contributed by atoms with E-state index in [0.717, 1.165) is 0 Å². The molecule has 1 aliphatic rings. The van der Waals surface area contributed by atoms with Gasteiger partial charge in [-0.15, -0.1) is 0 Å². The minimum atomic E-state index is -3.88. The van der Waals surface area contributed by atoms with E-state index >= 15 is 0 Å². The van der Waals surface area contributed by atoms with Crippen molar-refractivity contribution in [1.82, 2.24) is 0 Å². The zero-order valence-corrected chi connectivity index (χ0v) is 13.2. The van der Waals surface area contributed by atoms with Gasteiger partial charge in [-0.3, -0.25) is 4.72 Å². The summed E-state index contributed by atoms with van der Waals surface area (Å²) in [4.78, 5) is 15.0. The highest BCUT2D eigenvalue weighted by Crippen LogP contribution is 2.34. The van der Waals surface area contributed by atoms with E-state index in [2.05, 4.69) is 15.0 Å². The number of aliphatic imine (C=N–C) groups is 1. The molecule has 2 aromatic rings. The van der Waals surface area contributed by atoms with Crippen molar-refractivity contribution in [1.29, 1.82) is 0 Å². The number of nitrogens with one attached hydrogen (secondary N) is 2. The smallest absolute Gasteiger partial charge is 0.335 e. The summed E-state index contributed by atoms with van der Waals surface area (Å²) in [6.45, 7) is 0.257. The van der Waals surface area contributed by atoms with Gasteiger partial charge in [-0.2, -0.15) is 0 Å². The van der Waals surface area contributed by atoms with Crippen LogP contribution in [0.3, 0.4) is 0 Å². The summed E-state index contributed by atoms with van der Waals surface area (Å²) >= 11 is 0. The molecule has 0 aliphatic carbocycles. The van der Waals surface area contributed by atoms with Crippen LogP contribution >= 0.6 is 0 Å². The fraction of sp³-hybridized carbons (Fsp3) is 0.0667. The van der Waals surface area contributed by atoms with Crippen molar-refractivity contribution in [3.8, 4) is 0 Å². The second-order valence-corrected chi connectivity index (χ2v) is 6.75. The molecule has 0 aromatic heterocycles. The summed E-state index contributed by atoms with van der Waals surface area (Å²) in [5.41, 5.74) is 6.80. The van der Waals surface area contributed by atoms with Gasteiger partial charge in [0.05, 0.1) is 23.5 Å². The molecule has 2 aromatic carbocycles. The largest absolute Gasteiger partial charge is 0.478 e. The third-order valence-electron chi connectivity index (χ3n) is 3.39. The molecule has 0 atom stereocenters. The Morgan fingerprint density at radius 3 is 2.58 bits per heavy atom. The maximum Gasteiger partial charge on any atom is 0.335 e. The number of amidine groups is 1. The van der Waals surface area contributed by atoms with Gasteiger partial charge in [0.1, 0.15) is 10.7 Å². The second kappa shape index (κ2) is 5.85. The Hall–Kier alpha value is -3.07. The normalized spacial score (nSPS) is 13.4. The lowest BCUT2D eigenvalue weighted by molar-refractivity contribution is 0.0697. The van der Waals surface area contributed by atoms with E-state index in [9.17, 15) is 13.2 Å². The van der Waals surface area contributed by atoms with Crippen molar-refractivity contribution < 1.29 is 18.3 Å². The number of benzene rings is 2. The first-order valence-corrected chi connectivity index (χ1v) is 8.41. The SMILES string of the molecule is NC1=Nc2cccc(S(=O)(=O)Nc3ccc(C(=O)O)cc3)c2NC1. The Balaban J connectivity index is 1.94. The third-order valence-corrected chi connectivity index (χ3v) is 4.81. The van der Waals surface area contributed by atoms with Gasteiger partial charge in [0.15, 0.2) is 0 Å². The highest BCUT2D eigenvalue weighted by Gasteiger charge is 2.23. The zero-order chi connectivity index (χ0) is 17.3. The highest BCUT2D eigenvalue weighted by molar-refractivity contribution is 7.92. The number of rotatable bonds is 4. The van der Waals surface area contributed by atoms with Gasteiger partial charge in [-0.1, -0.05) is 6.07 Å². The van der Waals surface area contributed by atoms with Gasteiger partial charge in [-0.25, -0.2) is 18.2 Å². The predicted octanol–water partition coefficient (Wildman–Crippen LogP) is 1.60. The Morgan fingerprint density at radius 1 is 1.21 bits per heavy atom. The van der Waals surface area contributed by atoms with Gasteiger partial charge >= 0.3 is 5.97 Å². The summed E-state index contributed by atoms with van der Waals surface area (Å²) < 4.78 is 27.7. The number of anilines is 2. The van der Waals surface area contributed by atoms with E-state index < -0.39 is 16.0 Å². The van der Waals surface area contributed by atoms with Crippen LogP contribution in [0.5, 0.6) is 0 Å².